The number of aromatic nitrogens is 1. The van der Waals surface area contributed by atoms with Gasteiger partial charge in [0.05, 0.1) is 4.91 Å². The molecular weight excluding hydrogens is 458 g/mol. The van der Waals surface area contributed by atoms with E-state index >= 15 is 0 Å². The van der Waals surface area contributed by atoms with E-state index in [1.165, 1.54) is 24.2 Å². The molecule has 2 heterocycles. The van der Waals surface area contributed by atoms with Crippen molar-refractivity contribution in [3.63, 3.8) is 0 Å². The number of nitrogens with zero attached hydrogens (tertiary/aromatic N) is 2. The van der Waals surface area contributed by atoms with Gasteiger partial charge in [-0.25, -0.2) is 0 Å². The van der Waals surface area contributed by atoms with Crippen LogP contribution in [0.15, 0.2) is 59.6 Å². The molecule has 1 saturated heterocycles. The molecule has 0 unspecified atom stereocenters. The highest BCUT2D eigenvalue weighted by Gasteiger charge is 2.36. The number of carbonyl (C=O) groups is 3. The predicted molar refractivity (Wildman–Crippen MR) is 141 cm³/mol. The number of nitrogens with one attached hydrogen (secondary N) is 1. The summed E-state index contributed by atoms with van der Waals surface area (Å²) in [5, 5.41) is 3.70. The van der Waals surface area contributed by atoms with Gasteiger partial charge in [-0.05, 0) is 67.3 Å². The van der Waals surface area contributed by atoms with Crippen LogP contribution in [0.1, 0.15) is 43.2 Å². The quantitative estimate of drug-likeness (QED) is 0.420. The topological polar surface area (TPSA) is 71.4 Å². The van der Waals surface area contributed by atoms with Gasteiger partial charge in [-0.15, -0.1) is 0 Å². The van der Waals surface area contributed by atoms with Gasteiger partial charge < -0.3 is 9.88 Å². The number of carbonyl (C=O) groups excluding carboxylic acids is 3. The molecule has 6 nitrogen and oxygen atoms in total. The molecule has 5 rings (SSSR count). The van der Waals surface area contributed by atoms with Crippen LogP contribution in [0.4, 0.5) is 10.5 Å². The lowest BCUT2D eigenvalue weighted by atomic mass is 9.89. The van der Waals surface area contributed by atoms with E-state index in [4.69, 9.17) is 0 Å². The fourth-order valence-corrected chi connectivity index (χ4v) is 5.86. The van der Waals surface area contributed by atoms with Crippen molar-refractivity contribution in [3.8, 4) is 0 Å². The first kappa shape index (κ1) is 23.4. The lowest BCUT2D eigenvalue weighted by Crippen LogP contribution is -2.34. The summed E-state index contributed by atoms with van der Waals surface area (Å²) < 4.78 is 1.89. The number of benzene rings is 2. The van der Waals surface area contributed by atoms with Crippen molar-refractivity contribution in [1.82, 2.24) is 9.47 Å². The second-order valence-corrected chi connectivity index (χ2v) is 10.4. The largest absolute Gasteiger partial charge is 0.337 e. The molecule has 1 saturated carbocycles. The Morgan fingerprint density at radius 1 is 1.09 bits per heavy atom. The molecule has 180 valence electrons. The van der Waals surface area contributed by atoms with Crippen LogP contribution in [0.5, 0.6) is 0 Å². The number of thioether (sulfide) groups is 1. The third-order valence-electron chi connectivity index (χ3n) is 6.76. The number of hydrogen-bond acceptors (Lipinski definition) is 4. The van der Waals surface area contributed by atoms with E-state index in [2.05, 4.69) is 5.32 Å². The average Bonchev–Trinajstić information content (AvgIpc) is 3.31. The van der Waals surface area contributed by atoms with Gasteiger partial charge in [0.1, 0.15) is 6.54 Å². The molecule has 7 heteroatoms. The minimum Gasteiger partial charge on any atom is -0.337 e. The number of para-hydroxylation sites is 1. The SMILES string of the molecule is Cc1cccc(NC(=O)Cn2cc(/C=C3/SC(=O)N(CC4CCCCC4)C3=O)c3ccccc32)c1. The van der Waals surface area contributed by atoms with Gasteiger partial charge in [0.25, 0.3) is 11.1 Å². The summed E-state index contributed by atoms with van der Waals surface area (Å²) >= 11 is 1.01. The lowest BCUT2D eigenvalue weighted by Gasteiger charge is -2.25. The first-order valence-corrected chi connectivity index (χ1v) is 13.0. The Morgan fingerprint density at radius 2 is 1.89 bits per heavy atom. The molecule has 3 aromatic rings. The monoisotopic (exact) mass is 487 g/mol. The minimum atomic E-state index is -0.209. The summed E-state index contributed by atoms with van der Waals surface area (Å²) in [5.41, 5.74) is 3.57. The molecule has 3 amide bonds. The normalized spacial score (nSPS) is 18.1. The number of amides is 3. The minimum absolute atomic E-state index is 0.129. The van der Waals surface area contributed by atoms with Crippen LogP contribution in [0.2, 0.25) is 0 Å². The second kappa shape index (κ2) is 10.1. The number of hydrogen-bond donors (Lipinski definition) is 1. The van der Waals surface area contributed by atoms with Crippen LogP contribution < -0.4 is 5.32 Å². The van der Waals surface area contributed by atoms with Crippen molar-refractivity contribution in [1.29, 1.82) is 0 Å². The molecule has 2 aliphatic rings. The Bertz CT molecular complexity index is 1320. The Kier molecular flexibility index (Phi) is 6.77. The summed E-state index contributed by atoms with van der Waals surface area (Å²) in [5.74, 6) is 0.0701. The van der Waals surface area contributed by atoms with E-state index in [0.29, 0.717) is 17.4 Å². The van der Waals surface area contributed by atoms with E-state index in [1.54, 1.807) is 6.08 Å². The van der Waals surface area contributed by atoms with Crippen LogP contribution in [-0.2, 0) is 16.1 Å². The maximum Gasteiger partial charge on any atom is 0.293 e. The maximum absolute atomic E-state index is 13.1. The molecule has 2 aromatic carbocycles. The van der Waals surface area contributed by atoms with Crippen molar-refractivity contribution >= 4 is 51.5 Å². The van der Waals surface area contributed by atoms with Crippen molar-refractivity contribution < 1.29 is 14.4 Å². The molecule has 0 bridgehead atoms. The Labute approximate surface area is 209 Å². The first-order valence-electron chi connectivity index (χ1n) is 12.2. The van der Waals surface area contributed by atoms with E-state index < -0.39 is 0 Å². The molecule has 1 aromatic heterocycles. The second-order valence-electron chi connectivity index (χ2n) is 9.44. The number of anilines is 1. The van der Waals surface area contributed by atoms with Gasteiger partial charge >= 0.3 is 0 Å². The van der Waals surface area contributed by atoms with Gasteiger partial charge in [-0.1, -0.05) is 49.6 Å². The fourth-order valence-electron chi connectivity index (χ4n) is 5.03. The molecule has 2 fully saturated rings. The van der Waals surface area contributed by atoms with Gasteiger partial charge in [-0.3, -0.25) is 19.3 Å². The highest BCUT2D eigenvalue weighted by molar-refractivity contribution is 8.18. The van der Waals surface area contributed by atoms with E-state index in [-0.39, 0.29) is 23.6 Å². The van der Waals surface area contributed by atoms with Crippen LogP contribution in [0.25, 0.3) is 17.0 Å². The third kappa shape index (κ3) is 5.20. The van der Waals surface area contributed by atoms with Crippen LogP contribution in [-0.4, -0.2) is 33.1 Å². The van der Waals surface area contributed by atoms with Crippen LogP contribution >= 0.6 is 11.8 Å². The van der Waals surface area contributed by atoms with Gasteiger partial charge in [0.2, 0.25) is 5.91 Å². The molecular formula is C28H29N3O3S. The molecule has 1 aliphatic carbocycles. The first-order chi connectivity index (χ1) is 17.0. The molecule has 1 aliphatic heterocycles. The number of rotatable bonds is 6. The third-order valence-corrected chi connectivity index (χ3v) is 7.67. The Morgan fingerprint density at radius 3 is 2.69 bits per heavy atom. The predicted octanol–water partition coefficient (Wildman–Crippen LogP) is 6.21. The zero-order chi connectivity index (χ0) is 24.4. The standard InChI is InChI=1S/C28H29N3O3S/c1-19-8-7-11-22(14-19)29-26(32)18-30-17-21(23-12-5-6-13-24(23)30)15-25-27(33)31(28(34)35-25)16-20-9-3-2-4-10-20/h5-8,11-15,17,20H,2-4,9-10,16,18H2,1H3,(H,29,32)/b25-15+. The average molecular weight is 488 g/mol. The summed E-state index contributed by atoms with van der Waals surface area (Å²) in [6.45, 7) is 2.65. The highest BCUT2D eigenvalue weighted by Crippen LogP contribution is 2.36. The van der Waals surface area contributed by atoms with E-state index in [0.717, 1.165) is 52.3 Å². The van der Waals surface area contributed by atoms with Gasteiger partial charge in [-0.2, -0.15) is 0 Å². The number of imide groups is 1. The molecule has 0 radical (unpaired) electrons. The number of fused-ring (bicyclic) bond motifs is 1. The van der Waals surface area contributed by atoms with Gasteiger partial charge in [0, 0.05) is 34.9 Å². The summed E-state index contributed by atoms with van der Waals surface area (Å²) in [6, 6.07) is 15.5. The zero-order valence-corrected chi connectivity index (χ0v) is 20.6. The van der Waals surface area contributed by atoms with Crippen molar-refractivity contribution in [3.05, 3.63) is 70.8 Å². The molecule has 0 atom stereocenters. The highest BCUT2D eigenvalue weighted by atomic mass is 32.2. The maximum atomic E-state index is 13.1. The molecule has 35 heavy (non-hydrogen) atoms. The molecule has 0 spiro atoms. The number of aryl methyl sites for hydroxylation is 1. The zero-order valence-electron chi connectivity index (χ0n) is 19.8. The lowest BCUT2D eigenvalue weighted by molar-refractivity contribution is -0.123. The van der Waals surface area contributed by atoms with Crippen molar-refractivity contribution in [2.45, 2.75) is 45.6 Å². The summed E-state index contributed by atoms with van der Waals surface area (Å²) in [7, 11) is 0. The van der Waals surface area contributed by atoms with E-state index in [9.17, 15) is 14.4 Å². The van der Waals surface area contributed by atoms with Crippen LogP contribution in [0, 0.1) is 12.8 Å². The fraction of sp³-hybridized carbons (Fsp3) is 0.321. The van der Waals surface area contributed by atoms with Gasteiger partial charge in [0.15, 0.2) is 0 Å². The summed E-state index contributed by atoms with van der Waals surface area (Å²) in [6.07, 6.45) is 9.43. The van der Waals surface area contributed by atoms with Crippen molar-refractivity contribution in [2.75, 3.05) is 11.9 Å². The smallest absolute Gasteiger partial charge is 0.293 e. The summed E-state index contributed by atoms with van der Waals surface area (Å²) in [4.78, 5) is 40.4. The van der Waals surface area contributed by atoms with E-state index in [1.807, 2.05) is 66.2 Å². The van der Waals surface area contributed by atoms with Crippen molar-refractivity contribution in [2.24, 2.45) is 5.92 Å². The van der Waals surface area contributed by atoms with Crippen LogP contribution in [0.3, 0.4) is 0 Å². The Balaban J connectivity index is 1.36. The Hall–Kier alpha value is -3.32. The molecule has 1 N–H and O–H groups in total.